The van der Waals surface area contributed by atoms with Crippen LogP contribution in [0.2, 0.25) is 0 Å². The van der Waals surface area contributed by atoms with Crippen LogP contribution < -0.4 is 0 Å². The molecule has 6 nitrogen and oxygen atoms in total. The average molecular weight is 976 g/mol. The Balaban J connectivity index is 4.41. The van der Waals surface area contributed by atoms with E-state index in [1.807, 2.05) is 0 Å². The molecule has 0 aliphatic heterocycles. The van der Waals surface area contributed by atoms with Crippen molar-refractivity contribution in [3.05, 3.63) is 85.1 Å². The summed E-state index contributed by atoms with van der Waals surface area (Å²) in [5.41, 5.74) is 0. The lowest BCUT2D eigenvalue weighted by Gasteiger charge is -2.18. The average Bonchev–Trinajstić information content (AvgIpc) is 3.36. The molecule has 70 heavy (non-hydrogen) atoms. The standard InChI is InChI=1S/C64H110O6/c1-4-7-10-13-16-19-22-25-28-31-32-34-36-39-42-45-48-51-54-57-63(66)69-60-61(59-68-62(65)56-53-50-47-44-41-38-35-30-27-24-21-18-15-12-9-6-3)70-64(67)58-55-52-49-46-43-40-37-33-29-26-23-20-17-14-11-8-5-2/h7,9-10,12,16,18-19,21,25,27-28,30,32,34,61H,4-6,8,11,13-15,17,20,22-24,26,29,31,33,35-60H2,1-3H3/b10-7-,12-9-,19-16-,21-18-,28-25-,30-27-,34-32-. The SMILES string of the molecule is CC/C=C\C/C=C\C/C=C\C/C=C\CCCCCCCCC(=O)OCC(COC(=O)CCCCCCCC/C=C\C/C=C\C/C=C\CC)OC(=O)CCCCCCCCCCCCCCCCCCC. The van der Waals surface area contributed by atoms with Gasteiger partial charge in [-0.3, -0.25) is 14.4 Å². The van der Waals surface area contributed by atoms with Gasteiger partial charge in [-0.1, -0.05) is 260 Å². The van der Waals surface area contributed by atoms with Gasteiger partial charge in [0.2, 0.25) is 0 Å². The van der Waals surface area contributed by atoms with Gasteiger partial charge in [0.25, 0.3) is 0 Å². The van der Waals surface area contributed by atoms with Crippen molar-refractivity contribution in [2.75, 3.05) is 13.2 Å². The fourth-order valence-corrected chi connectivity index (χ4v) is 8.27. The van der Waals surface area contributed by atoms with E-state index in [-0.39, 0.29) is 31.1 Å². The molecule has 0 amide bonds. The van der Waals surface area contributed by atoms with Crippen molar-refractivity contribution in [1.29, 1.82) is 0 Å². The van der Waals surface area contributed by atoms with Crippen molar-refractivity contribution in [3.8, 4) is 0 Å². The van der Waals surface area contributed by atoms with Crippen LogP contribution in [-0.4, -0.2) is 37.2 Å². The number of allylic oxidation sites excluding steroid dienone is 14. The van der Waals surface area contributed by atoms with E-state index in [1.165, 1.54) is 128 Å². The minimum absolute atomic E-state index is 0.0863. The number of carbonyl (C=O) groups excluding carboxylic acids is 3. The van der Waals surface area contributed by atoms with Gasteiger partial charge in [-0.2, -0.15) is 0 Å². The number of ether oxygens (including phenoxy) is 3. The first-order chi connectivity index (χ1) is 34.5. The van der Waals surface area contributed by atoms with Crippen LogP contribution in [0.25, 0.3) is 0 Å². The first-order valence-corrected chi connectivity index (χ1v) is 29.6. The molecule has 0 aromatic rings. The van der Waals surface area contributed by atoms with Crippen LogP contribution in [0.1, 0.15) is 284 Å². The van der Waals surface area contributed by atoms with E-state index >= 15 is 0 Å². The molecule has 0 aromatic carbocycles. The third-order valence-electron chi connectivity index (χ3n) is 12.6. The Kier molecular flexibility index (Phi) is 55.3. The highest BCUT2D eigenvalue weighted by Crippen LogP contribution is 2.16. The highest BCUT2D eigenvalue weighted by Gasteiger charge is 2.19. The monoisotopic (exact) mass is 975 g/mol. The maximum atomic E-state index is 12.9. The van der Waals surface area contributed by atoms with Gasteiger partial charge in [-0.25, -0.2) is 0 Å². The molecule has 0 spiro atoms. The maximum Gasteiger partial charge on any atom is 0.306 e. The first kappa shape index (κ1) is 66.6. The molecule has 0 aromatic heterocycles. The van der Waals surface area contributed by atoms with Gasteiger partial charge in [-0.15, -0.1) is 0 Å². The fraction of sp³-hybridized carbons (Fsp3) is 0.734. The summed E-state index contributed by atoms with van der Waals surface area (Å²) in [4.78, 5) is 38.2. The topological polar surface area (TPSA) is 78.9 Å². The van der Waals surface area contributed by atoms with E-state index in [0.717, 1.165) is 116 Å². The van der Waals surface area contributed by atoms with Gasteiger partial charge in [0.1, 0.15) is 13.2 Å². The molecule has 0 radical (unpaired) electrons. The summed E-state index contributed by atoms with van der Waals surface area (Å²) in [6, 6.07) is 0. The fourth-order valence-electron chi connectivity index (χ4n) is 8.27. The van der Waals surface area contributed by atoms with Crippen LogP contribution in [0.15, 0.2) is 85.1 Å². The number of unbranched alkanes of at least 4 members (excludes halogenated alkanes) is 28. The summed E-state index contributed by atoms with van der Waals surface area (Å²) in [5, 5.41) is 0. The second kappa shape index (κ2) is 58.2. The van der Waals surface area contributed by atoms with E-state index in [0.29, 0.717) is 19.3 Å². The van der Waals surface area contributed by atoms with Gasteiger partial charge in [0.05, 0.1) is 0 Å². The smallest absolute Gasteiger partial charge is 0.306 e. The Morgan fingerprint density at radius 3 is 0.871 bits per heavy atom. The van der Waals surface area contributed by atoms with Crippen LogP contribution in [0.3, 0.4) is 0 Å². The zero-order valence-electron chi connectivity index (χ0n) is 46.0. The van der Waals surface area contributed by atoms with Gasteiger partial charge in [0, 0.05) is 19.3 Å². The van der Waals surface area contributed by atoms with E-state index in [4.69, 9.17) is 14.2 Å². The van der Waals surface area contributed by atoms with Crippen LogP contribution in [0.4, 0.5) is 0 Å². The molecule has 0 aliphatic rings. The zero-order chi connectivity index (χ0) is 50.7. The van der Waals surface area contributed by atoms with Crippen LogP contribution in [0, 0.1) is 0 Å². The number of esters is 3. The Labute approximate surface area is 433 Å². The van der Waals surface area contributed by atoms with Crippen LogP contribution in [-0.2, 0) is 28.6 Å². The van der Waals surface area contributed by atoms with Crippen molar-refractivity contribution in [1.82, 2.24) is 0 Å². The van der Waals surface area contributed by atoms with Crippen LogP contribution >= 0.6 is 0 Å². The molecule has 402 valence electrons. The molecule has 1 atom stereocenters. The molecule has 6 heteroatoms. The molecular weight excluding hydrogens is 865 g/mol. The van der Waals surface area contributed by atoms with Crippen molar-refractivity contribution in [2.24, 2.45) is 0 Å². The number of carbonyl (C=O) groups is 3. The lowest BCUT2D eigenvalue weighted by molar-refractivity contribution is -0.167. The van der Waals surface area contributed by atoms with Crippen molar-refractivity contribution in [2.45, 2.75) is 290 Å². The molecule has 0 saturated carbocycles. The van der Waals surface area contributed by atoms with E-state index in [9.17, 15) is 14.4 Å². The predicted octanol–water partition coefficient (Wildman–Crippen LogP) is 19.9. The lowest BCUT2D eigenvalue weighted by Crippen LogP contribution is -2.30. The molecule has 0 saturated heterocycles. The summed E-state index contributed by atoms with van der Waals surface area (Å²) in [5.74, 6) is -0.901. The van der Waals surface area contributed by atoms with E-state index < -0.39 is 6.10 Å². The Morgan fingerprint density at radius 1 is 0.300 bits per heavy atom. The van der Waals surface area contributed by atoms with Gasteiger partial charge in [0.15, 0.2) is 6.10 Å². The Morgan fingerprint density at radius 2 is 0.557 bits per heavy atom. The van der Waals surface area contributed by atoms with Crippen LogP contribution in [0.5, 0.6) is 0 Å². The molecular formula is C64H110O6. The first-order valence-electron chi connectivity index (χ1n) is 29.6. The Bertz CT molecular complexity index is 1350. The van der Waals surface area contributed by atoms with Gasteiger partial charge < -0.3 is 14.2 Å². The second-order valence-electron chi connectivity index (χ2n) is 19.5. The molecule has 0 aliphatic carbocycles. The number of rotatable bonds is 53. The van der Waals surface area contributed by atoms with Crippen molar-refractivity contribution < 1.29 is 28.6 Å². The molecule has 0 bridgehead atoms. The summed E-state index contributed by atoms with van der Waals surface area (Å²) in [6.07, 6.45) is 75.7. The molecule has 0 rings (SSSR count). The minimum Gasteiger partial charge on any atom is -0.462 e. The van der Waals surface area contributed by atoms with Gasteiger partial charge in [-0.05, 0) is 89.9 Å². The lowest BCUT2D eigenvalue weighted by atomic mass is 10.0. The molecule has 0 N–H and O–H groups in total. The highest BCUT2D eigenvalue weighted by atomic mass is 16.6. The quantitative estimate of drug-likeness (QED) is 0.0261. The minimum atomic E-state index is -0.788. The molecule has 0 fully saturated rings. The third kappa shape index (κ3) is 55.5. The summed E-state index contributed by atoms with van der Waals surface area (Å²) in [6.45, 7) is 6.42. The third-order valence-corrected chi connectivity index (χ3v) is 12.6. The van der Waals surface area contributed by atoms with Gasteiger partial charge >= 0.3 is 17.9 Å². The number of hydrogen-bond donors (Lipinski definition) is 0. The van der Waals surface area contributed by atoms with Crippen molar-refractivity contribution in [3.63, 3.8) is 0 Å². The molecule has 1 unspecified atom stereocenters. The molecule has 0 heterocycles. The van der Waals surface area contributed by atoms with Crippen molar-refractivity contribution >= 4 is 17.9 Å². The van der Waals surface area contributed by atoms with E-state index in [1.54, 1.807) is 0 Å². The second-order valence-corrected chi connectivity index (χ2v) is 19.5. The normalized spacial score (nSPS) is 12.7. The maximum absolute atomic E-state index is 12.9. The predicted molar refractivity (Wildman–Crippen MR) is 302 cm³/mol. The summed E-state index contributed by atoms with van der Waals surface area (Å²) < 4.78 is 16.9. The summed E-state index contributed by atoms with van der Waals surface area (Å²) >= 11 is 0. The largest absolute Gasteiger partial charge is 0.462 e. The number of hydrogen-bond acceptors (Lipinski definition) is 6. The highest BCUT2D eigenvalue weighted by molar-refractivity contribution is 5.71. The summed E-state index contributed by atoms with van der Waals surface area (Å²) in [7, 11) is 0. The van der Waals surface area contributed by atoms with E-state index in [2.05, 4.69) is 106 Å². The Hall–Kier alpha value is -3.41. The zero-order valence-corrected chi connectivity index (χ0v) is 46.0.